The summed E-state index contributed by atoms with van der Waals surface area (Å²) in [6.45, 7) is 0.594. The molecule has 11 heteroatoms. The lowest BCUT2D eigenvalue weighted by Gasteiger charge is -2.23. The van der Waals surface area contributed by atoms with E-state index in [4.69, 9.17) is 14.2 Å². The first kappa shape index (κ1) is 23.5. The molecular weight excluding hydrogens is 372 g/mol. The first-order valence-corrected chi connectivity index (χ1v) is 8.76. The Bertz CT molecular complexity index is 609. The third-order valence-electron chi connectivity index (χ3n) is 4.00. The fourth-order valence-corrected chi connectivity index (χ4v) is 2.44. The lowest BCUT2D eigenvalue weighted by Crippen LogP contribution is -2.46. The highest BCUT2D eigenvalue weighted by molar-refractivity contribution is 5.88. The lowest BCUT2D eigenvalue weighted by molar-refractivity contribution is -0.153. The smallest absolute Gasteiger partial charge is 0.326 e. The van der Waals surface area contributed by atoms with Crippen LogP contribution in [0.5, 0.6) is 0 Å². The first-order valence-electron chi connectivity index (χ1n) is 8.76. The second-order valence-electron chi connectivity index (χ2n) is 6.00. The molecule has 3 atom stereocenters. The molecule has 0 radical (unpaired) electrons. The fraction of sp³-hybridized carbons (Fsp3) is 0.647. The van der Waals surface area contributed by atoms with E-state index in [1.165, 1.54) is 27.6 Å². The van der Waals surface area contributed by atoms with E-state index in [0.29, 0.717) is 12.3 Å². The molecule has 0 fully saturated rings. The SMILES string of the molecule is CNC(=O)CC(CC(OC)OCCOC)C(=O)N[C@@H](Cc1c[nH]cn1)C(=O)O. The van der Waals surface area contributed by atoms with E-state index in [2.05, 4.69) is 20.6 Å². The zero-order valence-corrected chi connectivity index (χ0v) is 16.3. The maximum Gasteiger partial charge on any atom is 0.326 e. The topological polar surface area (TPSA) is 152 Å². The number of amides is 2. The molecule has 0 aromatic carbocycles. The Hall–Kier alpha value is -2.50. The number of H-pyrrole nitrogens is 1. The molecule has 0 saturated heterocycles. The van der Waals surface area contributed by atoms with Crippen LogP contribution in [-0.2, 0) is 35.0 Å². The number of imidazole rings is 1. The number of hydrogen-bond donors (Lipinski definition) is 4. The summed E-state index contributed by atoms with van der Waals surface area (Å²) in [5.74, 6) is -2.97. The number of rotatable bonds is 14. The van der Waals surface area contributed by atoms with Gasteiger partial charge < -0.3 is 34.9 Å². The highest BCUT2D eigenvalue weighted by atomic mass is 16.7. The zero-order chi connectivity index (χ0) is 20.9. The lowest BCUT2D eigenvalue weighted by atomic mass is 9.98. The van der Waals surface area contributed by atoms with Crippen LogP contribution in [0.1, 0.15) is 18.5 Å². The number of nitrogens with zero attached hydrogens (tertiary/aromatic N) is 1. The van der Waals surface area contributed by atoms with E-state index in [-0.39, 0.29) is 31.8 Å². The molecule has 0 spiro atoms. The van der Waals surface area contributed by atoms with Gasteiger partial charge in [0.2, 0.25) is 11.8 Å². The summed E-state index contributed by atoms with van der Waals surface area (Å²) in [6.07, 6.45) is 2.18. The molecule has 0 bridgehead atoms. The van der Waals surface area contributed by atoms with Gasteiger partial charge >= 0.3 is 5.97 Å². The maximum atomic E-state index is 12.7. The molecule has 2 unspecified atom stereocenters. The second-order valence-corrected chi connectivity index (χ2v) is 6.00. The average molecular weight is 400 g/mol. The summed E-state index contributed by atoms with van der Waals surface area (Å²) in [7, 11) is 4.40. The van der Waals surface area contributed by atoms with Gasteiger partial charge in [0.05, 0.1) is 31.2 Å². The number of carbonyl (C=O) groups is 3. The molecule has 1 heterocycles. The summed E-state index contributed by atoms with van der Waals surface area (Å²) >= 11 is 0. The van der Waals surface area contributed by atoms with Gasteiger partial charge in [0.15, 0.2) is 6.29 Å². The van der Waals surface area contributed by atoms with E-state index in [1.807, 2.05) is 0 Å². The van der Waals surface area contributed by atoms with Gasteiger partial charge in [-0.1, -0.05) is 0 Å². The van der Waals surface area contributed by atoms with Crippen molar-refractivity contribution in [3.05, 3.63) is 18.2 Å². The number of aromatic amines is 1. The molecule has 1 rings (SSSR count). The largest absolute Gasteiger partial charge is 0.480 e. The molecule has 4 N–H and O–H groups in total. The van der Waals surface area contributed by atoms with Crippen LogP contribution >= 0.6 is 0 Å². The molecule has 0 aliphatic heterocycles. The number of nitrogens with one attached hydrogen (secondary N) is 3. The van der Waals surface area contributed by atoms with Crippen molar-refractivity contribution in [3.8, 4) is 0 Å². The Morgan fingerprint density at radius 3 is 2.57 bits per heavy atom. The van der Waals surface area contributed by atoms with Gasteiger partial charge in [-0.15, -0.1) is 0 Å². The van der Waals surface area contributed by atoms with Crippen molar-refractivity contribution in [3.63, 3.8) is 0 Å². The Balaban J connectivity index is 2.80. The molecule has 1 aromatic rings. The minimum Gasteiger partial charge on any atom is -0.480 e. The van der Waals surface area contributed by atoms with Crippen molar-refractivity contribution in [1.29, 1.82) is 0 Å². The predicted octanol–water partition coefficient (Wildman–Crippen LogP) is -0.700. The van der Waals surface area contributed by atoms with Crippen molar-refractivity contribution in [1.82, 2.24) is 20.6 Å². The van der Waals surface area contributed by atoms with Crippen LogP contribution in [-0.4, -0.2) is 79.7 Å². The van der Waals surface area contributed by atoms with Gasteiger partial charge in [-0.2, -0.15) is 0 Å². The third-order valence-corrected chi connectivity index (χ3v) is 4.00. The average Bonchev–Trinajstić information content (AvgIpc) is 3.18. The van der Waals surface area contributed by atoms with Crippen LogP contribution in [0.15, 0.2) is 12.5 Å². The summed E-state index contributed by atoms with van der Waals surface area (Å²) < 4.78 is 15.6. The van der Waals surface area contributed by atoms with Crippen molar-refractivity contribution in [2.45, 2.75) is 31.6 Å². The van der Waals surface area contributed by atoms with E-state index < -0.39 is 30.1 Å². The normalized spacial score (nSPS) is 14.1. The summed E-state index contributed by atoms with van der Waals surface area (Å²) in [4.78, 5) is 42.7. The molecule has 11 nitrogen and oxygen atoms in total. The van der Waals surface area contributed by atoms with Crippen molar-refractivity contribution in [2.24, 2.45) is 5.92 Å². The molecule has 0 aliphatic rings. The Morgan fingerprint density at radius 1 is 1.29 bits per heavy atom. The third kappa shape index (κ3) is 8.46. The molecule has 0 aliphatic carbocycles. The predicted molar refractivity (Wildman–Crippen MR) is 97.3 cm³/mol. The standard InChI is InChI=1S/C17H28N4O7/c1-18-14(22)6-11(7-15(27-3)28-5-4-26-2)16(23)21-13(17(24)25)8-12-9-19-10-20-12/h9-11,13,15H,4-8H2,1-3H3,(H,18,22)(H,19,20)(H,21,23)(H,24,25)/t11?,13-,15?/m0/s1. The van der Waals surface area contributed by atoms with Gasteiger partial charge in [-0.25, -0.2) is 9.78 Å². The Labute approximate surface area is 163 Å². The number of aromatic nitrogens is 2. The molecule has 158 valence electrons. The molecule has 1 aromatic heterocycles. The quantitative estimate of drug-likeness (QED) is 0.236. The molecular formula is C17H28N4O7. The number of methoxy groups -OCH3 is 2. The Morgan fingerprint density at radius 2 is 2.04 bits per heavy atom. The fourth-order valence-electron chi connectivity index (χ4n) is 2.44. The highest BCUT2D eigenvalue weighted by Gasteiger charge is 2.30. The molecule has 28 heavy (non-hydrogen) atoms. The van der Waals surface area contributed by atoms with E-state index >= 15 is 0 Å². The van der Waals surface area contributed by atoms with Crippen LogP contribution in [0.2, 0.25) is 0 Å². The number of aliphatic carboxylic acids is 1. The van der Waals surface area contributed by atoms with Gasteiger partial charge in [-0.05, 0) is 0 Å². The first-order chi connectivity index (χ1) is 13.4. The number of hydrogen-bond acceptors (Lipinski definition) is 7. The van der Waals surface area contributed by atoms with Gasteiger partial charge in [0, 0.05) is 46.7 Å². The summed E-state index contributed by atoms with van der Waals surface area (Å²) in [5.41, 5.74) is 0.494. The number of ether oxygens (including phenoxy) is 3. The van der Waals surface area contributed by atoms with Crippen molar-refractivity contribution >= 4 is 17.8 Å². The number of carboxylic acid groups (broad SMARTS) is 1. The van der Waals surface area contributed by atoms with Gasteiger partial charge in [0.25, 0.3) is 0 Å². The van der Waals surface area contributed by atoms with E-state index in [1.54, 1.807) is 6.20 Å². The molecule has 0 saturated carbocycles. The highest BCUT2D eigenvalue weighted by Crippen LogP contribution is 2.16. The summed E-state index contributed by atoms with van der Waals surface area (Å²) in [5, 5.41) is 14.3. The van der Waals surface area contributed by atoms with Crippen LogP contribution in [0.3, 0.4) is 0 Å². The number of carbonyl (C=O) groups excluding carboxylic acids is 2. The van der Waals surface area contributed by atoms with E-state index in [9.17, 15) is 19.5 Å². The maximum absolute atomic E-state index is 12.7. The second kappa shape index (κ2) is 12.8. The minimum atomic E-state index is -1.20. The summed E-state index contributed by atoms with van der Waals surface area (Å²) in [6, 6.07) is -1.18. The van der Waals surface area contributed by atoms with Crippen LogP contribution < -0.4 is 10.6 Å². The Kier molecular flexibility index (Phi) is 10.8. The zero-order valence-electron chi connectivity index (χ0n) is 16.3. The minimum absolute atomic E-state index is 0.00924. The van der Waals surface area contributed by atoms with Gasteiger partial charge in [-0.3, -0.25) is 9.59 Å². The van der Waals surface area contributed by atoms with Crippen molar-refractivity contribution < 1.29 is 33.7 Å². The van der Waals surface area contributed by atoms with E-state index in [0.717, 1.165) is 0 Å². The van der Waals surface area contributed by atoms with Gasteiger partial charge in [0.1, 0.15) is 6.04 Å². The number of carboxylic acids is 1. The van der Waals surface area contributed by atoms with Crippen LogP contribution in [0, 0.1) is 5.92 Å². The van der Waals surface area contributed by atoms with Crippen LogP contribution in [0.4, 0.5) is 0 Å². The molecule has 2 amide bonds. The monoisotopic (exact) mass is 400 g/mol. The van der Waals surface area contributed by atoms with Crippen LogP contribution in [0.25, 0.3) is 0 Å². The van der Waals surface area contributed by atoms with Crippen molar-refractivity contribution in [2.75, 3.05) is 34.5 Å².